The average Bonchev–Trinajstić information content (AvgIpc) is 2.88. The van der Waals surface area contributed by atoms with Crippen LogP contribution in [0, 0.1) is 0 Å². The van der Waals surface area contributed by atoms with Crippen LogP contribution >= 0.6 is 11.8 Å². The number of fused-ring (bicyclic) bond motifs is 1. The van der Waals surface area contributed by atoms with Gasteiger partial charge in [-0.1, -0.05) is 18.9 Å². The van der Waals surface area contributed by atoms with Crippen LogP contribution in [0.4, 0.5) is 5.69 Å². The molecule has 0 aromatic heterocycles. The standard InChI is InChI=1S/C14H18N2OS/c15-9-14(5-1-2-6-14)10-3-4-12-11(7-10)16-13(17)8-18-12/h3-4,7H,1-2,5-6,8-9,15H2,(H,16,17). The van der Waals surface area contributed by atoms with Crippen molar-refractivity contribution < 1.29 is 4.79 Å². The number of rotatable bonds is 2. The summed E-state index contributed by atoms with van der Waals surface area (Å²) in [5, 5.41) is 2.96. The zero-order valence-electron chi connectivity index (χ0n) is 10.4. The minimum absolute atomic E-state index is 0.0953. The predicted molar refractivity (Wildman–Crippen MR) is 75.0 cm³/mol. The molecule has 1 amide bonds. The normalized spacial score (nSPS) is 21.5. The average molecular weight is 262 g/mol. The van der Waals surface area contributed by atoms with Gasteiger partial charge < -0.3 is 11.1 Å². The summed E-state index contributed by atoms with van der Waals surface area (Å²) in [7, 11) is 0. The topological polar surface area (TPSA) is 55.1 Å². The summed E-state index contributed by atoms with van der Waals surface area (Å²) >= 11 is 1.61. The quantitative estimate of drug-likeness (QED) is 0.861. The number of benzene rings is 1. The van der Waals surface area contributed by atoms with E-state index in [-0.39, 0.29) is 11.3 Å². The molecule has 0 bridgehead atoms. The van der Waals surface area contributed by atoms with Crippen LogP contribution in [0.25, 0.3) is 0 Å². The monoisotopic (exact) mass is 262 g/mol. The first-order chi connectivity index (χ1) is 8.73. The fourth-order valence-electron chi connectivity index (χ4n) is 3.08. The van der Waals surface area contributed by atoms with Crippen molar-refractivity contribution in [3.63, 3.8) is 0 Å². The summed E-state index contributed by atoms with van der Waals surface area (Å²) in [6.07, 6.45) is 4.86. The van der Waals surface area contributed by atoms with Gasteiger partial charge in [-0.3, -0.25) is 4.79 Å². The van der Waals surface area contributed by atoms with Crippen molar-refractivity contribution in [2.24, 2.45) is 5.73 Å². The molecule has 1 fully saturated rings. The SMILES string of the molecule is NCC1(c2ccc3c(c2)NC(=O)CS3)CCCC1. The van der Waals surface area contributed by atoms with Crippen LogP contribution in [-0.4, -0.2) is 18.2 Å². The second-order valence-corrected chi connectivity index (χ2v) is 6.26. The molecule has 3 nitrogen and oxygen atoms in total. The van der Waals surface area contributed by atoms with Crippen LogP contribution in [0.2, 0.25) is 0 Å². The molecule has 0 atom stereocenters. The molecule has 1 heterocycles. The highest BCUT2D eigenvalue weighted by atomic mass is 32.2. The molecule has 2 aliphatic rings. The van der Waals surface area contributed by atoms with Crippen LogP contribution in [-0.2, 0) is 10.2 Å². The number of hydrogen-bond acceptors (Lipinski definition) is 3. The van der Waals surface area contributed by atoms with E-state index >= 15 is 0 Å². The molecule has 1 aliphatic carbocycles. The minimum Gasteiger partial charge on any atom is -0.330 e. The Morgan fingerprint density at radius 2 is 2.11 bits per heavy atom. The van der Waals surface area contributed by atoms with E-state index in [2.05, 4.69) is 23.5 Å². The highest BCUT2D eigenvalue weighted by molar-refractivity contribution is 8.00. The second-order valence-electron chi connectivity index (χ2n) is 5.24. The molecule has 0 unspecified atom stereocenters. The lowest BCUT2D eigenvalue weighted by molar-refractivity contribution is -0.113. The van der Waals surface area contributed by atoms with E-state index in [9.17, 15) is 4.79 Å². The van der Waals surface area contributed by atoms with E-state index in [1.807, 2.05) is 0 Å². The highest BCUT2D eigenvalue weighted by Gasteiger charge is 2.34. The summed E-state index contributed by atoms with van der Waals surface area (Å²) in [4.78, 5) is 12.6. The van der Waals surface area contributed by atoms with Gasteiger partial charge in [0.1, 0.15) is 0 Å². The van der Waals surface area contributed by atoms with E-state index in [1.54, 1.807) is 11.8 Å². The molecule has 1 aromatic rings. The molecular weight excluding hydrogens is 244 g/mol. The third kappa shape index (κ3) is 1.93. The van der Waals surface area contributed by atoms with Crippen molar-refractivity contribution in [3.05, 3.63) is 23.8 Å². The van der Waals surface area contributed by atoms with Crippen LogP contribution in [0.1, 0.15) is 31.2 Å². The molecule has 1 aromatic carbocycles. The van der Waals surface area contributed by atoms with Gasteiger partial charge in [-0.2, -0.15) is 0 Å². The highest BCUT2D eigenvalue weighted by Crippen LogP contribution is 2.43. The van der Waals surface area contributed by atoms with Crippen LogP contribution in [0.5, 0.6) is 0 Å². The third-order valence-corrected chi connectivity index (χ3v) is 5.25. The van der Waals surface area contributed by atoms with Crippen molar-refractivity contribution in [1.29, 1.82) is 0 Å². The number of anilines is 1. The summed E-state index contributed by atoms with van der Waals surface area (Å²) in [6.45, 7) is 0.701. The Hall–Kier alpha value is -1.000. The molecule has 1 aliphatic heterocycles. The maximum absolute atomic E-state index is 11.5. The van der Waals surface area contributed by atoms with Crippen molar-refractivity contribution in [3.8, 4) is 0 Å². The molecule has 0 radical (unpaired) electrons. The van der Waals surface area contributed by atoms with Crippen LogP contribution < -0.4 is 11.1 Å². The van der Waals surface area contributed by atoms with Gasteiger partial charge in [0.15, 0.2) is 0 Å². The first-order valence-corrected chi connectivity index (χ1v) is 7.49. The zero-order chi connectivity index (χ0) is 12.6. The van der Waals surface area contributed by atoms with Gasteiger partial charge >= 0.3 is 0 Å². The lowest BCUT2D eigenvalue weighted by atomic mass is 9.79. The molecule has 0 saturated heterocycles. The Labute approximate surface area is 112 Å². The Bertz CT molecular complexity index is 481. The summed E-state index contributed by atoms with van der Waals surface area (Å²) < 4.78 is 0. The van der Waals surface area contributed by atoms with Crippen molar-refractivity contribution >= 4 is 23.4 Å². The molecule has 3 rings (SSSR count). The van der Waals surface area contributed by atoms with E-state index in [4.69, 9.17) is 5.73 Å². The molecule has 0 spiro atoms. The maximum atomic E-state index is 11.5. The van der Waals surface area contributed by atoms with E-state index in [0.717, 1.165) is 5.69 Å². The van der Waals surface area contributed by atoms with Crippen molar-refractivity contribution in [1.82, 2.24) is 0 Å². The van der Waals surface area contributed by atoms with E-state index in [0.29, 0.717) is 12.3 Å². The largest absolute Gasteiger partial charge is 0.330 e. The van der Waals surface area contributed by atoms with Gasteiger partial charge in [0.2, 0.25) is 5.91 Å². The number of hydrogen-bond donors (Lipinski definition) is 2. The Morgan fingerprint density at radius 1 is 1.33 bits per heavy atom. The van der Waals surface area contributed by atoms with Gasteiger partial charge in [-0.05, 0) is 30.5 Å². The molecular formula is C14H18N2OS. The first-order valence-electron chi connectivity index (χ1n) is 6.51. The van der Waals surface area contributed by atoms with Crippen molar-refractivity contribution in [2.45, 2.75) is 36.0 Å². The fraction of sp³-hybridized carbons (Fsp3) is 0.500. The Balaban J connectivity index is 1.98. The maximum Gasteiger partial charge on any atom is 0.234 e. The molecule has 3 N–H and O–H groups in total. The first kappa shape index (κ1) is 12.1. The van der Waals surface area contributed by atoms with Gasteiger partial charge in [0, 0.05) is 16.9 Å². The van der Waals surface area contributed by atoms with Crippen LogP contribution in [0.3, 0.4) is 0 Å². The summed E-state index contributed by atoms with van der Waals surface area (Å²) in [6, 6.07) is 6.46. The van der Waals surface area contributed by atoms with Gasteiger partial charge in [-0.15, -0.1) is 11.8 Å². The lowest BCUT2D eigenvalue weighted by Crippen LogP contribution is -2.32. The number of nitrogens with one attached hydrogen (secondary N) is 1. The van der Waals surface area contributed by atoms with Gasteiger partial charge in [-0.25, -0.2) is 0 Å². The number of amides is 1. The number of nitrogens with two attached hydrogens (primary N) is 1. The summed E-state index contributed by atoms with van der Waals surface area (Å²) in [5.74, 6) is 0.617. The number of carbonyl (C=O) groups is 1. The molecule has 1 saturated carbocycles. The lowest BCUT2D eigenvalue weighted by Gasteiger charge is -2.29. The van der Waals surface area contributed by atoms with E-state index < -0.39 is 0 Å². The number of thioether (sulfide) groups is 1. The second kappa shape index (κ2) is 4.59. The molecule has 18 heavy (non-hydrogen) atoms. The Morgan fingerprint density at radius 3 is 2.83 bits per heavy atom. The predicted octanol–water partition coefficient (Wildman–Crippen LogP) is 2.50. The van der Waals surface area contributed by atoms with E-state index in [1.165, 1.54) is 36.1 Å². The summed E-state index contributed by atoms with van der Waals surface area (Å²) in [5.41, 5.74) is 8.41. The smallest absolute Gasteiger partial charge is 0.234 e. The minimum atomic E-state index is 0.0953. The fourth-order valence-corrected chi connectivity index (χ4v) is 3.86. The van der Waals surface area contributed by atoms with Gasteiger partial charge in [0.25, 0.3) is 0 Å². The van der Waals surface area contributed by atoms with Gasteiger partial charge in [0.05, 0.1) is 11.4 Å². The Kier molecular flexibility index (Phi) is 3.08. The third-order valence-electron chi connectivity index (χ3n) is 4.18. The zero-order valence-corrected chi connectivity index (χ0v) is 11.2. The van der Waals surface area contributed by atoms with Crippen LogP contribution in [0.15, 0.2) is 23.1 Å². The number of carbonyl (C=O) groups excluding carboxylic acids is 1. The van der Waals surface area contributed by atoms with Crippen molar-refractivity contribution in [2.75, 3.05) is 17.6 Å². The molecule has 96 valence electrons. The molecule has 4 heteroatoms.